The van der Waals surface area contributed by atoms with E-state index in [4.69, 9.17) is 9.26 Å². The Balaban J connectivity index is 2.03. The Kier molecular flexibility index (Phi) is 3.70. The van der Waals surface area contributed by atoms with Gasteiger partial charge in [-0.3, -0.25) is 4.79 Å². The van der Waals surface area contributed by atoms with Crippen molar-refractivity contribution >= 4 is 5.91 Å². The zero-order valence-corrected chi connectivity index (χ0v) is 10.6. The summed E-state index contributed by atoms with van der Waals surface area (Å²) < 4.78 is 9.92. The first kappa shape index (κ1) is 12.9. The molecule has 0 unspecified atom stereocenters. The van der Waals surface area contributed by atoms with Gasteiger partial charge in [-0.05, 0) is 19.1 Å². The highest BCUT2D eigenvalue weighted by Gasteiger charge is 2.12. The number of hydrogen-bond acceptors (Lipinski definition) is 5. The minimum Gasteiger partial charge on any atom is -0.507 e. The third-order valence-electron chi connectivity index (χ3n) is 2.55. The van der Waals surface area contributed by atoms with E-state index in [2.05, 4.69) is 10.5 Å². The van der Waals surface area contributed by atoms with Crippen LogP contribution in [0.4, 0.5) is 0 Å². The summed E-state index contributed by atoms with van der Waals surface area (Å²) >= 11 is 0. The Labute approximate surface area is 110 Å². The van der Waals surface area contributed by atoms with Crippen LogP contribution in [0.3, 0.4) is 0 Å². The highest BCUT2D eigenvalue weighted by molar-refractivity contribution is 5.96. The van der Waals surface area contributed by atoms with Crippen LogP contribution in [-0.4, -0.2) is 23.3 Å². The zero-order valence-electron chi connectivity index (χ0n) is 10.6. The molecule has 0 radical (unpaired) electrons. The lowest BCUT2D eigenvalue weighted by Gasteiger charge is -2.06. The number of nitrogens with one attached hydrogen (secondary N) is 1. The van der Waals surface area contributed by atoms with E-state index in [1.54, 1.807) is 19.1 Å². The van der Waals surface area contributed by atoms with Crippen molar-refractivity contribution in [1.82, 2.24) is 10.5 Å². The SMILES string of the molecule is COc1ccc(C(=O)NCc2cc(C)no2)c(O)c1. The minimum absolute atomic E-state index is 0.134. The number of rotatable bonds is 4. The van der Waals surface area contributed by atoms with Crippen molar-refractivity contribution in [3.8, 4) is 11.5 Å². The smallest absolute Gasteiger partial charge is 0.255 e. The molecule has 2 rings (SSSR count). The molecule has 0 aliphatic rings. The molecule has 0 aliphatic carbocycles. The number of nitrogens with zero attached hydrogens (tertiary/aromatic N) is 1. The highest BCUT2D eigenvalue weighted by atomic mass is 16.5. The number of methoxy groups -OCH3 is 1. The first-order valence-electron chi connectivity index (χ1n) is 5.67. The van der Waals surface area contributed by atoms with Crippen molar-refractivity contribution in [3.63, 3.8) is 0 Å². The van der Waals surface area contributed by atoms with Crippen LogP contribution in [0.25, 0.3) is 0 Å². The van der Waals surface area contributed by atoms with Gasteiger partial charge in [0.15, 0.2) is 5.76 Å². The predicted molar refractivity (Wildman–Crippen MR) is 67.1 cm³/mol. The van der Waals surface area contributed by atoms with Crippen molar-refractivity contribution in [2.75, 3.05) is 7.11 Å². The minimum atomic E-state index is -0.394. The maximum absolute atomic E-state index is 11.9. The van der Waals surface area contributed by atoms with Crippen LogP contribution in [0.2, 0.25) is 0 Å². The normalized spacial score (nSPS) is 10.2. The van der Waals surface area contributed by atoms with Gasteiger partial charge in [0, 0.05) is 12.1 Å². The maximum Gasteiger partial charge on any atom is 0.255 e. The van der Waals surface area contributed by atoms with Gasteiger partial charge in [0.1, 0.15) is 11.5 Å². The second kappa shape index (κ2) is 5.43. The van der Waals surface area contributed by atoms with Gasteiger partial charge in [0.2, 0.25) is 0 Å². The molecule has 0 fully saturated rings. The average molecular weight is 262 g/mol. The molecule has 1 aromatic carbocycles. The van der Waals surface area contributed by atoms with Crippen molar-refractivity contribution in [1.29, 1.82) is 0 Å². The molecule has 0 aliphatic heterocycles. The van der Waals surface area contributed by atoms with Crippen molar-refractivity contribution in [2.45, 2.75) is 13.5 Å². The molecule has 2 aromatic rings. The number of phenolic OH excluding ortho intramolecular Hbond substituents is 1. The Morgan fingerprint density at radius 3 is 2.84 bits per heavy atom. The fourth-order valence-corrected chi connectivity index (χ4v) is 1.59. The molecule has 0 saturated carbocycles. The second-order valence-electron chi connectivity index (χ2n) is 4.00. The van der Waals surface area contributed by atoms with Crippen LogP contribution in [0.1, 0.15) is 21.8 Å². The molecule has 0 atom stereocenters. The molecule has 1 aromatic heterocycles. The highest BCUT2D eigenvalue weighted by Crippen LogP contribution is 2.23. The standard InChI is InChI=1S/C13H14N2O4/c1-8-5-10(19-15-8)7-14-13(17)11-4-3-9(18-2)6-12(11)16/h3-6,16H,7H2,1-2H3,(H,14,17). The van der Waals surface area contributed by atoms with E-state index in [1.165, 1.54) is 19.2 Å². The molecular formula is C13H14N2O4. The molecule has 1 amide bonds. The number of aromatic hydroxyl groups is 1. The van der Waals surface area contributed by atoms with E-state index in [-0.39, 0.29) is 17.9 Å². The van der Waals surface area contributed by atoms with E-state index in [9.17, 15) is 9.90 Å². The molecule has 0 bridgehead atoms. The Morgan fingerprint density at radius 2 is 2.26 bits per heavy atom. The number of amides is 1. The average Bonchev–Trinajstić information content (AvgIpc) is 2.81. The number of aryl methyl sites for hydroxylation is 1. The molecule has 19 heavy (non-hydrogen) atoms. The number of ether oxygens (including phenoxy) is 1. The van der Waals surface area contributed by atoms with Gasteiger partial charge in [-0.2, -0.15) is 0 Å². The predicted octanol–water partition coefficient (Wildman–Crippen LogP) is 1.63. The van der Waals surface area contributed by atoms with Gasteiger partial charge >= 0.3 is 0 Å². The van der Waals surface area contributed by atoms with Crippen LogP contribution in [0.15, 0.2) is 28.8 Å². The summed E-state index contributed by atoms with van der Waals surface area (Å²) in [6.07, 6.45) is 0. The van der Waals surface area contributed by atoms with Crippen molar-refractivity contribution in [3.05, 3.63) is 41.3 Å². The number of carbonyl (C=O) groups is 1. The van der Waals surface area contributed by atoms with Crippen LogP contribution in [0.5, 0.6) is 11.5 Å². The van der Waals surface area contributed by atoms with Crippen LogP contribution >= 0.6 is 0 Å². The summed E-state index contributed by atoms with van der Waals surface area (Å²) in [4.78, 5) is 11.9. The van der Waals surface area contributed by atoms with Crippen molar-refractivity contribution < 1.29 is 19.2 Å². The number of carbonyl (C=O) groups excluding carboxylic acids is 1. The van der Waals surface area contributed by atoms with E-state index < -0.39 is 5.91 Å². The maximum atomic E-state index is 11.9. The fourth-order valence-electron chi connectivity index (χ4n) is 1.59. The molecule has 0 spiro atoms. The second-order valence-corrected chi connectivity index (χ2v) is 4.00. The van der Waals surface area contributed by atoms with Crippen molar-refractivity contribution in [2.24, 2.45) is 0 Å². The van der Waals surface area contributed by atoms with Gasteiger partial charge in [-0.1, -0.05) is 5.16 Å². The molecule has 6 nitrogen and oxygen atoms in total. The summed E-state index contributed by atoms with van der Waals surface area (Å²) in [6, 6.07) is 6.21. The largest absolute Gasteiger partial charge is 0.507 e. The summed E-state index contributed by atoms with van der Waals surface area (Å²) in [5, 5.41) is 16.1. The third kappa shape index (κ3) is 3.04. The summed E-state index contributed by atoms with van der Waals surface area (Å²) in [5.41, 5.74) is 0.925. The first-order valence-corrected chi connectivity index (χ1v) is 5.67. The summed E-state index contributed by atoms with van der Waals surface area (Å²) in [5.74, 6) is 0.513. The fraction of sp³-hybridized carbons (Fsp3) is 0.231. The van der Waals surface area contributed by atoms with E-state index in [1.807, 2.05) is 0 Å². The molecule has 1 heterocycles. The summed E-state index contributed by atoms with van der Waals surface area (Å²) in [7, 11) is 1.49. The van der Waals surface area contributed by atoms with Gasteiger partial charge < -0.3 is 19.7 Å². The lowest BCUT2D eigenvalue weighted by molar-refractivity contribution is 0.0944. The number of phenols is 1. The van der Waals surface area contributed by atoms with Crippen LogP contribution < -0.4 is 10.1 Å². The number of aromatic nitrogens is 1. The molecule has 2 N–H and O–H groups in total. The van der Waals surface area contributed by atoms with Gasteiger partial charge in [0.05, 0.1) is 24.9 Å². The van der Waals surface area contributed by atoms with Gasteiger partial charge in [-0.15, -0.1) is 0 Å². The molecule has 100 valence electrons. The van der Waals surface area contributed by atoms with E-state index >= 15 is 0 Å². The molecule has 0 saturated heterocycles. The summed E-state index contributed by atoms with van der Waals surface area (Å²) in [6.45, 7) is 2.01. The number of benzene rings is 1. The quantitative estimate of drug-likeness (QED) is 0.874. The molecular weight excluding hydrogens is 248 g/mol. The Morgan fingerprint density at radius 1 is 1.47 bits per heavy atom. The Bertz CT molecular complexity index is 592. The van der Waals surface area contributed by atoms with E-state index in [0.29, 0.717) is 11.5 Å². The van der Waals surface area contributed by atoms with E-state index in [0.717, 1.165) is 5.69 Å². The lowest BCUT2D eigenvalue weighted by Crippen LogP contribution is -2.22. The number of hydrogen-bond donors (Lipinski definition) is 2. The monoisotopic (exact) mass is 262 g/mol. The van der Waals surface area contributed by atoms with Crippen LogP contribution in [0, 0.1) is 6.92 Å². The third-order valence-corrected chi connectivity index (χ3v) is 2.55. The molecule has 6 heteroatoms. The first-order chi connectivity index (χ1) is 9.10. The van der Waals surface area contributed by atoms with Gasteiger partial charge in [0.25, 0.3) is 5.91 Å². The van der Waals surface area contributed by atoms with Gasteiger partial charge in [-0.25, -0.2) is 0 Å². The zero-order chi connectivity index (χ0) is 13.8. The Hall–Kier alpha value is -2.50. The topological polar surface area (TPSA) is 84.6 Å². The lowest BCUT2D eigenvalue weighted by atomic mass is 10.2. The van der Waals surface area contributed by atoms with Crippen LogP contribution in [-0.2, 0) is 6.54 Å².